The first-order valence-corrected chi connectivity index (χ1v) is 3.31. The lowest BCUT2D eigenvalue weighted by atomic mass is 10.1. The minimum Gasteiger partial charge on any atom is -0.394 e. The number of halogens is 3. The van der Waals surface area contributed by atoms with Gasteiger partial charge in [0.25, 0.3) is 0 Å². The van der Waals surface area contributed by atoms with E-state index in [0.717, 1.165) is 0 Å². The Labute approximate surface area is 62.6 Å². The summed E-state index contributed by atoms with van der Waals surface area (Å²) in [4.78, 5) is 0. The maximum Gasteiger partial charge on any atom is 0.389 e. The predicted molar refractivity (Wildman–Crippen MR) is 33.0 cm³/mol. The first-order valence-electron chi connectivity index (χ1n) is 3.31. The Hall–Kier alpha value is -0.290. The Kier molecular flexibility index (Phi) is 4.44. The number of hydrogen-bond acceptors (Lipinski definition) is 2. The van der Waals surface area contributed by atoms with Gasteiger partial charge in [0.15, 0.2) is 0 Å². The molecule has 2 nitrogen and oxygen atoms in total. The average Bonchev–Trinajstić information content (AvgIpc) is 1.85. The summed E-state index contributed by atoms with van der Waals surface area (Å²) in [6.07, 6.45) is -6.21. The van der Waals surface area contributed by atoms with Crippen molar-refractivity contribution in [3.05, 3.63) is 0 Å². The third-order valence-electron chi connectivity index (χ3n) is 1.21. The van der Waals surface area contributed by atoms with Crippen molar-refractivity contribution in [2.75, 3.05) is 6.61 Å². The molecular weight excluding hydrogens is 161 g/mol. The molecule has 0 heterocycles. The van der Waals surface area contributed by atoms with Crippen LogP contribution in [0.2, 0.25) is 0 Å². The van der Waals surface area contributed by atoms with E-state index in [1.165, 1.54) is 0 Å². The molecule has 0 aliphatic rings. The Morgan fingerprint density at radius 1 is 1.27 bits per heavy atom. The minimum absolute atomic E-state index is 0.00396. The van der Waals surface area contributed by atoms with Crippen molar-refractivity contribution in [1.82, 2.24) is 0 Å². The molecule has 2 N–H and O–H groups in total. The van der Waals surface area contributed by atoms with Crippen molar-refractivity contribution in [3.8, 4) is 0 Å². The number of alkyl halides is 3. The second-order valence-corrected chi connectivity index (χ2v) is 2.34. The quantitative estimate of drug-likeness (QED) is 0.666. The summed E-state index contributed by atoms with van der Waals surface area (Å²) in [5, 5.41) is 16.9. The fourth-order valence-electron chi connectivity index (χ4n) is 0.629. The fraction of sp³-hybridized carbons (Fsp3) is 1.00. The van der Waals surface area contributed by atoms with Gasteiger partial charge in [-0.05, 0) is 12.8 Å². The Morgan fingerprint density at radius 3 is 2.18 bits per heavy atom. The molecule has 0 saturated heterocycles. The van der Waals surface area contributed by atoms with Crippen LogP contribution in [0, 0.1) is 0 Å². The van der Waals surface area contributed by atoms with E-state index in [1.807, 2.05) is 0 Å². The molecule has 0 bridgehead atoms. The fourth-order valence-corrected chi connectivity index (χ4v) is 0.629. The van der Waals surface area contributed by atoms with Crippen molar-refractivity contribution < 1.29 is 23.4 Å². The molecule has 0 radical (unpaired) electrons. The summed E-state index contributed by atoms with van der Waals surface area (Å²) in [5.74, 6) is 0. The van der Waals surface area contributed by atoms with E-state index >= 15 is 0 Å². The van der Waals surface area contributed by atoms with Gasteiger partial charge in [-0.25, -0.2) is 0 Å². The van der Waals surface area contributed by atoms with Gasteiger partial charge in [-0.2, -0.15) is 13.2 Å². The van der Waals surface area contributed by atoms with Crippen LogP contribution < -0.4 is 0 Å². The number of aliphatic hydroxyl groups excluding tert-OH is 2. The zero-order chi connectivity index (χ0) is 8.91. The third kappa shape index (κ3) is 7.61. The third-order valence-corrected chi connectivity index (χ3v) is 1.21. The van der Waals surface area contributed by atoms with Crippen LogP contribution in [0.4, 0.5) is 13.2 Å². The molecule has 0 amide bonds. The van der Waals surface area contributed by atoms with Gasteiger partial charge in [-0.3, -0.25) is 0 Å². The second-order valence-electron chi connectivity index (χ2n) is 2.34. The van der Waals surface area contributed by atoms with Gasteiger partial charge < -0.3 is 10.2 Å². The van der Waals surface area contributed by atoms with Crippen molar-refractivity contribution in [2.24, 2.45) is 0 Å². The zero-order valence-electron chi connectivity index (χ0n) is 5.93. The number of hydrogen-bond donors (Lipinski definition) is 2. The van der Waals surface area contributed by atoms with Crippen LogP contribution >= 0.6 is 0 Å². The van der Waals surface area contributed by atoms with Crippen molar-refractivity contribution >= 4 is 0 Å². The molecule has 0 aromatic rings. The molecule has 0 aliphatic carbocycles. The minimum atomic E-state index is -4.16. The largest absolute Gasteiger partial charge is 0.394 e. The molecule has 11 heavy (non-hydrogen) atoms. The van der Waals surface area contributed by atoms with E-state index in [-0.39, 0.29) is 12.8 Å². The highest BCUT2D eigenvalue weighted by molar-refractivity contribution is 4.56. The molecule has 1 atom stereocenters. The molecule has 1 unspecified atom stereocenters. The van der Waals surface area contributed by atoms with E-state index in [0.29, 0.717) is 0 Å². The monoisotopic (exact) mass is 172 g/mol. The summed E-state index contributed by atoms with van der Waals surface area (Å²) in [5.41, 5.74) is 0. The first-order chi connectivity index (χ1) is 4.95. The summed E-state index contributed by atoms with van der Waals surface area (Å²) in [6.45, 7) is -0.474. The van der Waals surface area contributed by atoms with Crippen LogP contribution in [0.5, 0.6) is 0 Å². The van der Waals surface area contributed by atoms with Crippen molar-refractivity contribution in [1.29, 1.82) is 0 Å². The molecule has 0 spiro atoms. The molecular formula is C6H11F3O2. The molecule has 68 valence electrons. The topological polar surface area (TPSA) is 40.5 Å². The zero-order valence-corrected chi connectivity index (χ0v) is 5.93. The van der Waals surface area contributed by atoms with E-state index < -0.39 is 25.3 Å². The molecule has 0 fully saturated rings. The molecule has 5 heteroatoms. The van der Waals surface area contributed by atoms with Gasteiger partial charge in [0.2, 0.25) is 0 Å². The summed E-state index contributed by atoms with van der Waals surface area (Å²) in [6, 6.07) is 0. The molecule has 0 rings (SSSR count). The van der Waals surface area contributed by atoms with Gasteiger partial charge in [0.1, 0.15) is 0 Å². The van der Waals surface area contributed by atoms with E-state index in [9.17, 15) is 13.2 Å². The summed E-state index contributed by atoms with van der Waals surface area (Å²) < 4.78 is 34.4. The highest BCUT2D eigenvalue weighted by Crippen LogP contribution is 2.22. The Bertz CT molecular complexity index is 102. The normalized spacial score (nSPS) is 15.0. The highest BCUT2D eigenvalue weighted by Gasteiger charge is 2.26. The van der Waals surface area contributed by atoms with Crippen LogP contribution in [0.1, 0.15) is 19.3 Å². The number of rotatable bonds is 4. The van der Waals surface area contributed by atoms with Crippen LogP contribution in [-0.4, -0.2) is 29.1 Å². The summed E-state index contributed by atoms with van der Waals surface area (Å²) >= 11 is 0. The SMILES string of the molecule is OCC(O)CCCC(F)(F)F. The van der Waals surface area contributed by atoms with E-state index in [2.05, 4.69) is 0 Å². The van der Waals surface area contributed by atoms with Crippen LogP contribution in [0.15, 0.2) is 0 Å². The first kappa shape index (κ1) is 10.7. The maximum atomic E-state index is 11.5. The van der Waals surface area contributed by atoms with E-state index in [4.69, 9.17) is 10.2 Å². The molecule has 0 aromatic carbocycles. The number of aliphatic hydroxyl groups is 2. The molecule has 0 aliphatic heterocycles. The van der Waals surface area contributed by atoms with E-state index in [1.54, 1.807) is 0 Å². The predicted octanol–water partition coefficient (Wildman–Crippen LogP) is 1.07. The van der Waals surface area contributed by atoms with Crippen molar-refractivity contribution in [2.45, 2.75) is 31.5 Å². The van der Waals surface area contributed by atoms with Gasteiger partial charge >= 0.3 is 6.18 Å². The van der Waals surface area contributed by atoms with Crippen LogP contribution in [0.3, 0.4) is 0 Å². The van der Waals surface area contributed by atoms with Gasteiger partial charge in [-0.15, -0.1) is 0 Å². The maximum absolute atomic E-state index is 11.5. The second kappa shape index (κ2) is 4.56. The highest BCUT2D eigenvalue weighted by atomic mass is 19.4. The lowest BCUT2D eigenvalue weighted by Crippen LogP contribution is -2.14. The Morgan fingerprint density at radius 2 is 1.82 bits per heavy atom. The van der Waals surface area contributed by atoms with Gasteiger partial charge in [0.05, 0.1) is 12.7 Å². The molecule has 0 saturated carbocycles. The molecule has 0 aromatic heterocycles. The lowest BCUT2D eigenvalue weighted by molar-refractivity contribution is -0.136. The standard InChI is InChI=1S/C6H11F3O2/c7-6(8,9)3-1-2-5(11)4-10/h5,10-11H,1-4H2. The summed E-state index contributed by atoms with van der Waals surface area (Å²) in [7, 11) is 0. The Balaban J connectivity index is 3.28. The van der Waals surface area contributed by atoms with Crippen molar-refractivity contribution in [3.63, 3.8) is 0 Å². The van der Waals surface area contributed by atoms with Gasteiger partial charge in [-0.1, -0.05) is 0 Å². The average molecular weight is 172 g/mol. The van der Waals surface area contributed by atoms with Crippen LogP contribution in [0.25, 0.3) is 0 Å². The lowest BCUT2D eigenvalue weighted by Gasteiger charge is -2.08. The smallest absolute Gasteiger partial charge is 0.389 e. The van der Waals surface area contributed by atoms with Gasteiger partial charge in [0, 0.05) is 6.42 Å². The van der Waals surface area contributed by atoms with Crippen LogP contribution in [-0.2, 0) is 0 Å².